The zero-order valence-electron chi connectivity index (χ0n) is 29.3. The van der Waals surface area contributed by atoms with Gasteiger partial charge in [-0.1, -0.05) is 13.8 Å². The van der Waals surface area contributed by atoms with Crippen LogP contribution in [0.25, 0.3) is 21.8 Å². The van der Waals surface area contributed by atoms with Crippen LogP contribution in [0, 0.1) is 25.0 Å². The standard InChI is InChI=1S/C14H16FNO2.C13H13BrFNO2.C3H7.C2H6.2ClH.Li.Mg.H/c1-9-7-12-10(8-11(9)15)5-6-16(12)13(17)18-14(2,3)4;1-13(2,3)18-12(17)16-5-4-8-6-10(15)9(14)7-11(8)16;1-3-2;1-2;;;;;/h5-8H,1-4H3;4-7H,1-3H3;3H,1-2H3;1-2H3;2*1H;;;/q;;-1;;;;+1;+2;-1/p-2. The summed E-state index contributed by atoms with van der Waals surface area (Å²) in [7, 11) is 0. The van der Waals surface area contributed by atoms with Crippen molar-refractivity contribution in [2.75, 3.05) is 0 Å². The van der Waals surface area contributed by atoms with Gasteiger partial charge in [0.05, 0.1) is 15.5 Å². The predicted molar refractivity (Wildman–Crippen MR) is 173 cm³/mol. The van der Waals surface area contributed by atoms with Gasteiger partial charge in [0, 0.05) is 23.2 Å². The van der Waals surface area contributed by atoms with Gasteiger partial charge in [-0.3, -0.25) is 9.13 Å². The number of nitrogens with zero attached hydrogens (tertiary/aromatic N) is 2. The number of hydrogen-bond acceptors (Lipinski definition) is 4. The second-order valence-corrected chi connectivity index (χ2v) is 11.7. The number of rotatable bonds is 0. The molecule has 2 aromatic carbocycles. The molecule has 0 amide bonds. The topological polar surface area (TPSA) is 62.5 Å². The van der Waals surface area contributed by atoms with Crippen molar-refractivity contribution in [2.45, 2.75) is 87.4 Å². The minimum absolute atomic E-state index is 0. The molecule has 0 spiro atoms. The molecule has 0 aliphatic carbocycles. The molecule has 0 saturated carbocycles. The Morgan fingerprint density at radius 3 is 1.47 bits per heavy atom. The molecule has 6 nitrogen and oxygen atoms in total. The molecule has 0 N–H and O–H groups in total. The third-order valence-corrected chi connectivity index (χ3v) is 5.49. The van der Waals surface area contributed by atoms with Gasteiger partial charge in [0.15, 0.2) is 0 Å². The number of hydrogen-bond donors (Lipinski definition) is 0. The number of carbonyl (C=O) groups excluding carboxylic acids is 2. The van der Waals surface area contributed by atoms with Crippen molar-refractivity contribution >= 4 is 73.0 Å². The Morgan fingerprint density at radius 2 is 1.11 bits per heavy atom. The largest absolute Gasteiger partial charge is 2.00 e. The van der Waals surface area contributed by atoms with E-state index in [1.54, 1.807) is 64.4 Å². The number of fused-ring (bicyclic) bond motifs is 2. The zero-order chi connectivity index (χ0) is 31.7. The van der Waals surface area contributed by atoms with Gasteiger partial charge in [0.1, 0.15) is 22.8 Å². The van der Waals surface area contributed by atoms with E-state index < -0.39 is 23.4 Å². The molecule has 2 heterocycles. The van der Waals surface area contributed by atoms with E-state index in [1.807, 2.05) is 54.9 Å². The van der Waals surface area contributed by atoms with Crippen LogP contribution in [0.1, 0.15) is 76.2 Å². The number of benzene rings is 2. The summed E-state index contributed by atoms with van der Waals surface area (Å²) >= 11 is 3.11. The first-order chi connectivity index (χ1) is 19.0. The van der Waals surface area contributed by atoms with Crippen molar-refractivity contribution in [1.29, 1.82) is 0 Å². The average Bonchev–Trinajstić information content (AvgIpc) is 3.44. The van der Waals surface area contributed by atoms with Crippen molar-refractivity contribution in [2.24, 2.45) is 0 Å². The second-order valence-electron chi connectivity index (χ2n) is 10.9. The molecule has 0 radical (unpaired) electrons. The van der Waals surface area contributed by atoms with Crippen LogP contribution in [0.15, 0.2) is 53.3 Å². The Labute approximate surface area is 317 Å². The molecule has 0 aliphatic heterocycles. The molecule has 4 aromatic rings. The fourth-order valence-corrected chi connectivity index (χ4v) is 3.66. The van der Waals surface area contributed by atoms with Crippen molar-refractivity contribution in [1.82, 2.24) is 9.13 Å². The molecule has 0 saturated heterocycles. The van der Waals surface area contributed by atoms with Crippen LogP contribution in [0.5, 0.6) is 0 Å². The fourth-order valence-electron chi connectivity index (χ4n) is 3.33. The third-order valence-electron chi connectivity index (χ3n) is 4.88. The first kappa shape index (κ1) is 50.6. The number of aromatic nitrogens is 2. The summed E-state index contributed by atoms with van der Waals surface area (Å²) in [6.45, 7) is 20.5. The quantitative estimate of drug-likeness (QED) is 0.201. The Hall–Kier alpha value is -1.26. The number of aryl methyl sites for hydroxylation is 1. The van der Waals surface area contributed by atoms with Crippen LogP contribution < -0.4 is 43.7 Å². The minimum Gasteiger partial charge on any atom is -1.00 e. The van der Waals surface area contributed by atoms with E-state index >= 15 is 0 Å². The molecule has 45 heavy (non-hydrogen) atoms. The third kappa shape index (κ3) is 15.9. The Bertz CT molecular complexity index is 1380. The molecule has 4 rings (SSSR count). The Kier molecular flexibility index (Phi) is 25.1. The van der Waals surface area contributed by atoms with Gasteiger partial charge >= 0.3 is 54.1 Å². The summed E-state index contributed by atoms with van der Waals surface area (Å²) in [5.41, 5.74) is 0.653. The first-order valence-corrected chi connectivity index (χ1v) is 14.2. The summed E-state index contributed by atoms with van der Waals surface area (Å²) in [6, 6.07) is 9.38. The van der Waals surface area contributed by atoms with E-state index in [0.717, 1.165) is 0 Å². The first-order valence-electron chi connectivity index (χ1n) is 13.4. The monoisotopic (exact) mass is 737 g/mol. The summed E-state index contributed by atoms with van der Waals surface area (Å²) in [5.74, 6) is -0.631. The Morgan fingerprint density at radius 1 is 0.778 bits per heavy atom. The van der Waals surface area contributed by atoms with Crippen molar-refractivity contribution < 1.29 is 72.9 Å². The second kappa shape index (κ2) is 22.3. The molecule has 0 fully saturated rings. The molecule has 244 valence electrons. The normalized spacial score (nSPS) is 10.0. The van der Waals surface area contributed by atoms with E-state index in [0.29, 0.717) is 31.8 Å². The van der Waals surface area contributed by atoms with Gasteiger partial charge in [-0.15, -0.1) is 0 Å². The van der Waals surface area contributed by atoms with E-state index in [2.05, 4.69) is 15.9 Å². The maximum absolute atomic E-state index is 13.4. The zero-order valence-corrected chi connectivity index (χ0v) is 32.8. The smallest absolute Gasteiger partial charge is 1.00 e. The molecule has 0 atom stereocenters. The van der Waals surface area contributed by atoms with Gasteiger partial charge in [-0.05, 0) is 106 Å². The van der Waals surface area contributed by atoms with E-state index in [-0.39, 0.29) is 79.8 Å². The fraction of sp³-hybridized carbons (Fsp3) is 0.406. The average molecular weight is 740 g/mol. The number of ether oxygens (including phenoxy) is 2. The number of carbonyl (C=O) groups is 2. The summed E-state index contributed by atoms with van der Waals surface area (Å²) in [4.78, 5) is 23.9. The summed E-state index contributed by atoms with van der Waals surface area (Å²) in [5, 5.41) is 1.34. The SMILES string of the molecule is CC.CC(C)(C)OC(=O)n1ccc2cc(F)c(Br)cc21.C[CH-]C.Cc1cc2c(ccn2C(=O)OC(C)(C)C)cc1F.[Cl-].[Cl-].[H-].[Li+].[Mg+2]. The van der Waals surface area contributed by atoms with E-state index in [4.69, 9.17) is 9.47 Å². The van der Waals surface area contributed by atoms with E-state index in [9.17, 15) is 18.4 Å². The predicted octanol–water partition coefficient (Wildman–Crippen LogP) is 1.20. The molecule has 0 bridgehead atoms. The molecular weight excluding hydrogens is 696 g/mol. The van der Waals surface area contributed by atoms with Gasteiger partial charge in [0.2, 0.25) is 0 Å². The summed E-state index contributed by atoms with van der Waals surface area (Å²) in [6.07, 6.45) is 4.24. The van der Waals surface area contributed by atoms with Crippen molar-refractivity contribution in [3.63, 3.8) is 0 Å². The summed E-state index contributed by atoms with van der Waals surface area (Å²) < 4.78 is 40.4. The van der Waals surface area contributed by atoms with Crippen LogP contribution in [0.3, 0.4) is 0 Å². The molecule has 13 heteroatoms. The van der Waals surface area contributed by atoms with Crippen molar-refractivity contribution in [3.05, 3.63) is 76.9 Å². The Balaban J connectivity index is -0.000000195. The van der Waals surface area contributed by atoms with Gasteiger partial charge in [0.25, 0.3) is 0 Å². The van der Waals surface area contributed by atoms with E-state index in [1.165, 1.54) is 21.3 Å². The van der Waals surface area contributed by atoms with Crippen LogP contribution in [0.4, 0.5) is 18.4 Å². The number of halogens is 5. The van der Waals surface area contributed by atoms with Crippen molar-refractivity contribution in [3.8, 4) is 0 Å². The van der Waals surface area contributed by atoms with Crippen LogP contribution >= 0.6 is 15.9 Å². The minimum atomic E-state index is -0.565. The maximum Gasteiger partial charge on any atom is 2.00 e. The maximum atomic E-state index is 13.4. The molecule has 0 unspecified atom stereocenters. The van der Waals surface area contributed by atoms with Gasteiger partial charge < -0.3 is 42.1 Å². The van der Waals surface area contributed by atoms with Crippen LogP contribution in [-0.2, 0) is 9.47 Å². The molecule has 2 aromatic heterocycles. The molecular formula is C32H43BrCl2F2LiMgN2O4-. The van der Waals surface area contributed by atoms with Gasteiger partial charge in [-0.25, -0.2) is 18.4 Å². The van der Waals surface area contributed by atoms with Crippen LogP contribution in [-0.4, -0.2) is 55.6 Å². The van der Waals surface area contributed by atoms with Gasteiger partial charge in [-0.2, -0.15) is 13.8 Å². The molecule has 0 aliphatic rings. The van der Waals surface area contributed by atoms with Crippen LogP contribution in [0.2, 0.25) is 0 Å².